The lowest BCUT2D eigenvalue weighted by molar-refractivity contribution is 0.0959. The SMILES string of the molecule is O=C(N/N=C/c1cccn1-c1ccc(Br)cc1)c1cccs1. The van der Waals surface area contributed by atoms with Crippen molar-refractivity contribution in [2.24, 2.45) is 5.10 Å². The maximum absolute atomic E-state index is 11.8. The zero-order valence-corrected chi connectivity index (χ0v) is 13.8. The van der Waals surface area contributed by atoms with Gasteiger partial charge >= 0.3 is 0 Å². The second-order valence-electron chi connectivity index (χ2n) is 4.46. The highest BCUT2D eigenvalue weighted by atomic mass is 79.9. The molecule has 0 bridgehead atoms. The van der Waals surface area contributed by atoms with Crippen molar-refractivity contribution < 1.29 is 4.79 Å². The first kappa shape index (κ1) is 14.7. The van der Waals surface area contributed by atoms with Crippen molar-refractivity contribution in [3.05, 3.63) is 75.2 Å². The van der Waals surface area contributed by atoms with Crippen LogP contribution >= 0.6 is 27.3 Å². The molecule has 0 radical (unpaired) electrons. The van der Waals surface area contributed by atoms with Gasteiger partial charge in [-0.1, -0.05) is 22.0 Å². The number of carbonyl (C=O) groups is 1. The van der Waals surface area contributed by atoms with Crippen molar-refractivity contribution in [2.75, 3.05) is 0 Å². The fourth-order valence-electron chi connectivity index (χ4n) is 1.96. The van der Waals surface area contributed by atoms with Crippen molar-refractivity contribution in [3.63, 3.8) is 0 Å². The molecule has 0 fully saturated rings. The maximum atomic E-state index is 11.8. The Bertz CT molecular complexity index is 791. The molecule has 0 saturated carbocycles. The summed E-state index contributed by atoms with van der Waals surface area (Å²) in [6.45, 7) is 0. The van der Waals surface area contributed by atoms with Crippen LogP contribution in [0.25, 0.3) is 5.69 Å². The minimum absolute atomic E-state index is 0.201. The average molecular weight is 374 g/mol. The molecule has 1 amide bonds. The Labute approximate surface area is 140 Å². The molecule has 0 saturated heterocycles. The standard InChI is InChI=1S/C16H12BrN3OS/c17-12-5-7-13(8-6-12)20-9-1-3-14(20)11-18-19-16(21)15-4-2-10-22-15/h1-11H,(H,19,21)/b18-11+. The van der Waals surface area contributed by atoms with Crippen molar-refractivity contribution in [3.8, 4) is 5.69 Å². The molecular weight excluding hydrogens is 362 g/mol. The van der Waals surface area contributed by atoms with E-state index in [4.69, 9.17) is 0 Å². The Balaban J connectivity index is 1.74. The summed E-state index contributed by atoms with van der Waals surface area (Å²) in [5.74, 6) is -0.201. The number of rotatable bonds is 4. The van der Waals surface area contributed by atoms with Gasteiger partial charge in [0, 0.05) is 16.4 Å². The van der Waals surface area contributed by atoms with Gasteiger partial charge in [0.25, 0.3) is 5.91 Å². The van der Waals surface area contributed by atoms with Crippen LogP contribution in [-0.4, -0.2) is 16.7 Å². The lowest BCUT2D eigenvalue weighted by Gasteiger charge is -2.06. The van der Waals surface area contributed by atoms with E-state index in [1.807, 2.05) is 58.6 Å². The van der Waals surface area contributed by atoms with Gasteiger partial charge in [0.1, 0.15) is 0 Å². The molecule has 0 atom stereocenters. The first-order valence-corrected chi connectivity index (χ1v) is 8.21. The van der Waals surface area contributed by atoms with E-state index in [1.165, 1.54) is 11.3 Å². The van der Waals surface area contributed by atoms with E-state index in [0.29, 0.717) is 4.88 Å². The van der Waals surface area contributed by atoms with E-state index in [0.717, 1.165) is 15.9 Å². The quantitative estimate of drug-likeness (QED) is 0.543. The van der Waals surface area contributed by atoms with Crippen LogP contribution in [0.4, 0.5) is 0 Å². The molecule has 1 N–H and O–H groups in total. The third-order valence-electron chi connectivity index (χ3n) is 2.99. The molecule has 0 unspecified atom stereocenters. The Morgan fingerprint density at radius 3 is 2.73 bits per heavy atom. The summed E-state index contributed by atoms with van der Waals surface area (Å²) in [4.78, 5) is 12.4. The molecule has 22 heavy (non-hydrogen) atoms. The van der Waals surface area contributed by atoms with Crippen LogP contribution < -0.4 is 5.43 Å². The van der Waals surface area contributed by atoms with Crippen LogP contribution in [-0.2, 0) is 0 Å². The summed E-state index contributed by atoms with van der Waals surface area (Å²) in [6, 6.07) is 15.4. The molecule has 0 aliphatic carbocycles. The summed E-state index contributed by atoms with van der Waals surface area (Å²) in [6.07, 6.45) is 3.58. The van der Waals surface area contributed by atoms with Gasteiger partial charge in [-0.2, -0.15) is 5.10 Å². The van der Waals surface area contributed by atoms with Gasteiger partial charge in [0.2, 0.25) is 0 Å². The molecule has 110 valence electrons. The highest BCUT2D eigenvalue weighted by Gasteiger charge is 2.04. The highest BCUT2D eigenvalue weighted by molar-refractivity contribution is 9.10. The smallest absolute Gasteiger partial charge is 0.281 e. The number of hydrogen-bond acceptors (Lipinski definition) is 3. The van der Waals surface area contributed by atoms with E-state index in [2.05, 4.69) is 26.5 Å². The predicted octanol–water partition coefficient (Wildman–Crippen LogP) is 4.07. The van der Waals surface area contributed by atoms with E-state index in [9.17, 15) is 4.79 Å². The van der Waals surface area contributed by atoms with Gasteiger partial charge in [-0.25, -0.2) is 5.43 Å². The average Bonchev–Trinajstić information content (AvgIpc) is 3.19. The van der Waals surface area contributed by atoms with Gasteiger partial charge in [0.15, 0.2) is 0 Å². The third kappa shape index (κ3) is 3.35. The fourth-order valence-corrected chi connectivity index (χ4v) is 2.83. The Morgan fingerprint density at radius 2 is 2.00 bits per heavy atom. The zero-order valence-electron chi connectivity index (χ0n) is 11.4. The van der Waals surface area contributed by atoms with Gasteiger partial charge in [0.05, 0.1) is 16.8 Å². The van der Waals surface area contributed by atoms with Crippen molar-refractivity contribution in [1.82, 2.24) is 9.99 Å². The second-order valence-corrected chi connectivity index (χ2v) is 6.32. The van der Waals surface area contributed by atoms with Crippen LogP contribution in [0, 0.1) is 0 Å². The van der Waals surface area contributed by atoms with Gasteiger partial charge in [-0.15, -0.1) is 11.3 Å². The Hall–Kier alpha value is -2.18. The number of halogens is 1. The number of amides is 1. The maximum Gasteiger partial charge on any atom is 0.281 e. The number of thiophene rings is 1. The molecule has 6 heteroatoms. The van der Waals surface area contributed by atoms with E-state index >= 15 is 0 Å². The molecule has 1 aromatic carbocycles. The summed E-state index contributed by atoms with van der Waals surface area (Å²) in [7, 11) is 0. The molecule has 0 aliphatic rings. The molecule has 4 nitrogen and oxygen atoms in total. The van der Waals surface area contributed by atoms with E-state index < -0.39 is 0 Å². The first-order valence-electron chi connectivity index (χ1n) is 6.54. The molecule has 0 spiro atoms. The monoisotopic (exact) mass is 373 g/mol. The zero-order chi connectivity index (χ0) is 15.4. The Morgan fingerprint density at radius 1 is 1.18 bits per heavy atom. The highest BCUT2D eigenvalue weighted by Crippen LogP contribution is 2.16. The lowest BCUT2D eigenvalue weighted by Crippen LogP contribution is -2.16. The number of nitrogens with zero attached hydrogens (tertiary/aromatic N) is 2. The van der Waals surface area contributed by atoms with Crippen LogP contribution in [0.5, 0.6) is 0 Å². The van der Waals surface area contributed by atoms with Crippen LogP contribution in [0.1, 0.15) is 15.4 Å². The molecule has 3 rings (SSSR count). The number of hydrogen-bond donors (Lipinski definition) is 1. The van der Waals surface area contributed by atoms with Gasteiger partial charge in [-0.3, -0.25) is 4.79 Å². The van der Waals surface area contributed by atoms with E-state index in [-0.39, 0.29) is 5.91 Å². The van der Waals surface area contributed by atoms with Crippen molar-refractivity contribution in [2.45, 2.75) is 0 Å². The molecule has 2 aromatic heterocycles. The molecule has 3 aromatic rings. The third-order valence-corrected chi connectivity index (χ3v) is 4.39. The molecule has 0 aliphatic heterocycles. The predicted molar refractivity (Wildman–Crippen MR) is 92.8 cm³/mol. The van der Waals surface area contributed by atoms with Crippen molar-refractivity contribution in [1.29, 1.82) is 0 Å². The number of carbonyl (C=O) groups excluding carboxylic acids is 1. The largest absolute Gasteiger partial charge is 0.316 e. The number of hydrazone groups is 1. The van der Waals surface area contributed by atoms with Gasteiger partial charge < -0.3 is 4.57 Å². The molecule has 2 heterocycles. The normalized spacial score (nSPS) is 11.0. The van der Waals surface area contributed by atoms with Crippen LogP contribution in [0.3, 0.4) is 0 Å². The van der Waals surface area contributed by atoms with E-state index in [1.54, 1.807) is 12.3 Å². The number of benzene rings is 1. The first-order chi connectivity index (χ1) is 10.7. The second kappa shape index (κ2) is 6.72. The van der Waals surface area contributed by atoms with Crippen LogP contribution in [0.2, 0.25) is 0 Å². The minimum atomic E-state index is -0.201. The summed E-state index contributed by atoms with van der Waals surface area (Å²) < 4.78 is 3.02. The Kier molecular flexibility index (Phi) is 4.50. The molecular formula is C16H12BrN3OS. The van der Waals surface area contributed by atoms with Gasteiger partial charge in [-0.05, 0) is 47.8 Å². The summed E-state index contributed by atoms with van der Waals surface area (Å²) in [5, 5.41) is 5.88. The fraction of sp³-hybridized carbons (Fsp3) is 0. The number of aromatic nitrogens is 1. The van der Waals surface area contributed by atoms with Crippen molar-refractivity contribution >= 4 is 39.4 Å². The minimum Gasteiger partial charge on any atom is -0.316 e. The summed E-state index contributed by atoms with van der Waals surface area (Å²) in [5.41, 5.74) is 4.44. The number of nitrogens with one attached hydrogen (secondary N) is 1. The lowest BCUT2D eigenvalue weighted by atomic mass is 10.3. The van der Waals surface area contributed by atoms with Crippen LogP contribution in [0.15, 0.2) is 69.7 Å². The summed E-state index contributed by atoms with van der Waals surface area (Å²) >= 11 is 4.81. The topological polar surface area (TPSA) is 46.4 Å².